The van der Waals surface area contributed by atoms with Crippen LogP contribution in [0.1, 0.15) is 15.9 Å². The third-order valence-corrected chi connectivity index (χ3v) is 2.66. The van der Waals surface area contributed by atoms with E-state index < -0.39 is 0 Å². The third-order valence-electron chi connectivity index (χ3n) is 2.66. The van der Waals surface area contributed by atoms with E-state index in [2.05, 4.69) is 10.5 Å². The Bertz CT molecular complexity index is 627. The molecule has 0 saturated heterocycles. The average Bonchev–Trinajstić information content (AvgIpc) is 3.24. The van der Waals surface area contributed by atoms with Gasteiger partial charge in [-0.15, -0.1) is 5.56 Å². The molecule has 1 N–H and O–H groups in total. The number of hydrazone groups is 1. The summed E-state index contributed by atoms with van der Waals surface area (Å²) >= 11 is 0. The van der Waals surface area contributed by atoms with E-state index in [1.807, 2.05) is 72.8 Å². The molecule has 0 atom stereocenters. The molecule has 22 heavy (non-hydrogen) atoms. The summed E-state index contributed by atoms with van der Waals surface area (Å²) < 4.78 is 0. The molecule has 0 spiro atoms. The maximum absolute atomic E-state index is 11.5. The van der Waals surface area contributed by atoms with Gasteiger partial charge in [0.25, 0.3) is 5.91 Å². The van der Waals surface area contributed by atoms with Gasteiger partial charge >= 0.3 is 17.1 Å². The first-order valence-electron chi connectivity index (χ1n) is 6.63. The first-order valence-corrected chi connectivity index (χ1v) is 6.63. The van der Waals surface area contributed by atoms with E-state index in [1.165, 1.54) is 0 Å². The number of nitrogens with zero attached hydrogens (tertiary/aromatic N) is 1. The van der Waals surface area contributed by atoms with Crippen molar-refractivity contribution in [3.63, 3.8) is 0 Å². The summed E-state index contributed by atoms with van der Waals surface area (Å²) in [6.07, 6.45) is 1.61. The van der Waals surface area contributed by atoms with Gasteiger partial charge in [-0.3, -0.25) is 4.79 Å². The van der Waals surface area contributed by atoms with Crippen molar-refractivity contribution in [2.24, 2.45) is 5.10 Å². The zero-order valence-electron chi connectivity index (χ0n) is 11.9. The van der Waals surface area contributed by atoms with Crippen LogP contribution in [0.25, 0.3) is 0 Å². The summed E-state index contributed by atoms with van der Waals surface area (Å²) in [5.41, 5.74) is 4.03. The van der Waals surface area contributed by atoms with Crippen molar-refractivity contribution in [1.29, 1.82) is 0 Å². The summed E-state index contributed by atoms with van der Waals surface area (Å²) in [7, 11) is 0. The monoisotopic (exact) mass is 332 g/mol. The molecular formula is C18H16FeN2O. The number of amides is 1. The molecule has 0 aliphatic rings. The minimum atomic E-state index is -0.205. The molecule has 0 saturated carbocycles. The minimum absolute atomic E-state index is 0. The van der Waals surface area contributed by atoms with Crippen molar-refractivity contribution in [2.75, 3.05) is 0 Å². The minimum Gasteiger partial charge on any atom is -0.267 e. The van der Waals surface area contributed by atoms with Gasteiger partial charge in [-0.1, -0.05) is 18.2 Å². The first kappa shape index (κ1) is 17.6. The number of nitrogens with one attached hydrogen (secondary N) is 1. The second-order valence-electron chi connectivity index (χ2n) is 4.25. The van der Waals surface area contributed by atoms with Crippen LogP contribution in [0.2, 0.25) is 0 Å². The van der Waals surface area contributed by atoms with Crippen LogP contribution in [0.4, 0.5) is 0 Å². The van der Waals surface area contributed by atoms with Gasteiger partial charge in [-0.05, 0) is 18.3 Å². The van der Waals surface area contributed by atoms with Gasteiger partial charge in [-0.25, -0.2) is 29.7 Å². The summed E-state index contributed by atoms with van der Waals surface area (Å²) in [5.74, 6) is -0.205. The van der Waals surface area contributed by atoms with Crippen LogP contribution in [-0.2, 0) is 17.1 Å². The summed E-state index contributed by atoms with van der Waals surface area (Å²) in [6, 6.07) is 26.6. The van der Waals surface area contributed by atoms with E-state index in [4.69, 9.17) is 0 Å². The second-order valence-corrected chi connectivity index (χ2v) is 4.25. The Morgan fingerprint density at radius 1 is 1.00 bits per heavy atom. The summed E-state index contributed by atoms with van der Waals surface area (Å²) in [4.78, 5) is 11.5. The Morgan fingerprint density at radius 3 is 2.18 bits per heavy atom. The molecular weight excluding hydrogens is 316 g/mol. The van der Waals surface area contributed by atoms with Gasteiger partial charge in [0.15, 0.2) is 0 Å². The van der Waals surface area contributed by atoms with Crippen LogP contribution in [0.15, 0.2) is 90.0 Å². The molecule has 0 fully saturated rings. The van der Waals surface area contributed by atoms with Gasteiger partial charge in [0, 0.05) is 5.56 Å². The second kappa shape index (κ2) is 10.3. The van der Waals surface area contributed by atoms with Crippen molar-refractivity contribution in [1.82, 2.24) is 5.43 Å². The van der Waals surface area contributed by atoms with Crippen molar-refractivity contribution < 1.29 is 21.9 Å². The van der Waals surface area contributed by atoms with E-state index >= 15 is 0 Å². The number of rotatable bonds is 3. The van der Waals surface area contributed by atoms with Gasteiger partial charge in [-0.2, -0.15) is 35.4 Å². The maximum Gasteiger partial charge on any atom is 2.00 e. The van der Waals surface area contributed by atoms with E-state index in [0.717, 1.165) is 5.56 Å². The van der Waals surface area contributed by atoms with E-state index in [9.17, 15) is 4.79 Å². The Balaban J connectivity index is 0.000000344. The van der Waals surface area contributed by atoms with Gasteiger partial charge in [0.05, 0.1) is 0 Å². The maximum atomic E-state index is 11.5. The standard InChI is InChI=1S/C13H11N2O.C5H5.Fe/c16-13(12-8-2-1-3-9-12)15-14-10-11-6-4-5-7-11;1-2-4-5-3-1;/h1-10H,(H,15,16);1-5H;/q2*-1;+2. The number of hydrogen-bond acceptors (Lipinski definition) is 2. The van der Waals surface area contributed by atoms with Crippen LogP contribution in [-0.4, -0.2) is 12.1 Å². The number of carbonyl (C=O) groups is 1. The zero-order chi connectivity index (χ0) is 14.8. The van der Waals surface area contributed by atoms with E-state index in [0.29, 0.717) is 5.56 Å². The fourth-order valence-electron chi connectivity index (χ4n) is 1.62. The van der Waals surface area contributed by atoms with Crippen LogP contribution < -0.4 is 5.43 Å². The van der Waals surface area contributed by atoms with Gasteiger partial charge in [0.1, 0.15) is 0 Å². The van der Waals surface area contributed by atoms with E-state index in [1.54, 1.807) is 18.3 Å². The molecule has 112 valence electrons. The predicted octanol–water partition coefficient (Wildman–Crippen LogP) is 3.57. The van der Waals surface area contributed by atoms with Crippen LogP contribution in [0.5, 0.6) is 0 Å². The van der Waals surface area contributed by atoms with Gasteiger partial charge in [0.2, 0.25) is 0 Å². The molecule has 3 aromatic carbocycles. The molecule has 3 rings (SSSR count). The SMILES string of the molecule is O=C(NN=C[c-]1cccc1)c1ccccc1.[Fe+2].c1cc[cH-]c1. The van der Waals surface area contributed by atoms with Crippen LogP contribution in [0.3, 0.4) is 0 Å². The molecule has 4 heteroatoms. The Morgan fingerprint density at radius 2 is 1.64 bits per heavy atom. The Hall–Kier alpha value is -2.42. The number of benzene rings is 1. The number of hydrogen-bond donors (Lipinski definition) is 1. The molecule has 0 aromatic heterocycles. The third kappa shape index (κ3) is 6.35. The van der Waals surface area contributed by atoms with E-state index in [-0.39, 0.29) is 23.0 Å². The van der Waals surface area contributed by atoms with Crippen molar-refractivity contribution >= 4 is 12.1 Å². The van der Waals surface area contributed by atoms with Crippen molar-refractivity contribution in [2.45, 2.75) is 0 Å². The molecule has 0 aliphatic carbocycles. The van der Waals surface area contributed by atoms with Crippen molar-refractivity contribution in [3.8, 4) is 0 Å². The van der Waals surface area contributed by atoms with Crippen LogP contribution >= 0.6 is 0 Å². The number of carbonyl (C=O) groups excluding carboxylic acids is 1. The topological polar surface area (TPSA) is 41.5 Å². The molecule has 3 aromatic rings. The Kier molecular flexibility index (Phi) is 8.28. The van der Waals surface area contributed by atoms with Gasteiger partial charge < -0.3 is 0 Å². The smallest absolute Gasteiger partial charge is 0.267 e. The quantitative estimate of drug-likeness (QED) is 0.339. The molecule has 1 amide bonds. The largest absolute Gasteiger partial charge is 2.00 e. The summed E-state index contributed by atoms with van der Waals surface area (Å²) in [6.45, 7) is 0. The fourth-order valence-corrected chi connectivity index (χ4v) is 1.62. The average molecular weight is 332 g/mol. The zero-order valence-corrected chi connectivity index (χ0v) is 13.0. The molecule has 0 unspecified atom stereocenters. The van der Waals surface area contributed by atoms with Crippen molar-refractivity contribution in [3.05, 3.63) is 96.1 Å². The fraction of sp³-hybridized carbons (Fsp3) is 0. The summed E-state index contributed by atoms with van der Waals surface area (Å²) in [5, 5.41) is 3.87. The first-order chi connectivity index (χ1) is 10.4. The molecule has 0 bridgehead atoms. The Labute approximate surface area is 140 Å². The van der Waals surface area contributed by atoms with Crippen LogP contribution in [0, 0.1) is 0 Å². The predicted molar refractivity (Wildman–Crippen MR) is 85.6 cm³/mol. The molecule has 3 nitrogen and oxygen atoms in total. The normalized spacial score (nSPS) is 9.45. The molecule has 0 aliphatic heterocycles. The molecule has 0 radical (unpaired) electrons. The molecule has 0 heterocycles.